The van der Waals surface area contributed by atoms with Gasteiger partial charge in [0.15, 0.2) is 9.84 Å². The average molecular weight is 297 g/mol. The van der Waals surface area contributed by atoms with Crippen LogP contribution >= 0.6 is 0 Å². The molecule has 0 aliphatic heterocycles. The van der Waals surface area contributed by atoms with E-state index in [2.05, 4.69) is 0 Å². The zero-order chi connectivity index (χ0) is 14.8. The number of ether oxygens (including phenoxy) is 1. The Bertz CT molecular complexity index is 543. The van der Waals surface area contributed by atoms with Gasteiger partial charge in [-0.2, -0.15) is 0 Å². The number of benzene rings is 1. The van der Waals surface area contributed by atoms with Gasteiger partial charge in [-0.3, -0.25) is 0 Å². The monoisotopic (exact) mass is 297 g/mol. The Hall–Kier alpha value is -0.910. The summed E-state index contributed by atoms with van der Waals surface area (Å²) < 4.78 is 30.3. The molecule has 1 aromatic rings. The van der Waals surface area contributed by atoms with Crippen molar-refractivity contribution in [3.05, 3.63) is 35.9 Å². The number of rotatable bonds is 7. The van der Waals surface area contributed by atoms with Gasteiger partial charge < -0.3 is 10.5 Å². The summed E-state index contributed by atoms with van der Waals surface area (Å²) in [5.41, 5.74) is 6.51. The van der Waals surface area contributed by atoms with Crippen LogP contribution in [0.4, 0.5) is 0 Å². The lowest BCUT2D eigenvalue weighted by Gasteiger charge is -2.15. The zero-order valence-corrected chi connectivity index (χ0v) is 12.9. The molecule has 0 spiro atoms. The molecule has 5 heteroatoms. The van der Waals surface area contributed by atoms with E-state index < -0.39 is 20.5 Å². The Morgan fingerprint density at radius 3 is 2.40 bits per heavy atom. The molecule has 0 unspecified atom stereocenters. The van der Waals surface area contributed by atoms with Crippen LogP contribution in [0.3, 0.4) is 0 Å². The van der Waals surface area contributed by atoms with Crippen molar-refractivity contribution in [2.24, 2.45) is 11.1 Å². The molecule has 20 heavy (non-hydrogen) atoms. The number of sulfone groups is 1. The third kappa shape index (κ3) is 2.50. The number of hydrogen-bond donors (Lipinski definition) is 1. The van der Waals surface area contributed by atoms with Crippen LogP contribution in [0.25, 0.3) is 0 Å². The van der Waals surface area contributed by atoms with Gasteiger partial charge in [0.2, 0.25) is 0 Å². The SMILES string of the molecule is CCOC[C@@]1(CN)[C@H](c2ccccc2)[C@@H]1S(=O)(=O)CC. The zero-order valence-electron chi connectivity index (χ0n) is 12.1. The second kappa shape index (κ2) is 5.84. The molecule has 1 saturated carbocycles. The maximum absolute atomic E-state index is 12.4. The Kier molecular flexibility index (Phi) is 4.52. The quantitative estimate of drug-likeness (QED) is 0.829. The lowest BCUT2D eigenvalue weighted by molar-refractivity contribution is 0.101. The molecule has 1 aliphatic rings. The first-order valence-electron chi connectivity index (χ1n) is 7.07. The van der Waals surface area contributed by atoms with E-state index in [4.69, 9.17) is 10.5 Å². The Labute approximate surface area is 121 Å². The van der Waals surface area contributed by atoms with E-state index >= 15 is 0 Å². The molecule has 0 amide bonds. The molecule has 2 N–H and O–H groups in total. The molecule has 1 fully saturated rings. The van der Waals surface area contributed by atoms with Crippen molar-refractivity contribution >= 4 is 9.84 Å². The summed E-state index contributed by atoms with van der Waals surface area (Å²) in [5, 5.41) is -0.418. The predicted molar refractivity (Wildman–Crippen MR) is 80.4 cm³/mol. The fourth-order valence-corrected chi connectivity index (χ4v) is 5.28. The van der Waals surface area contributed by atoms with Gasteiger partial charge in [-0.25, -0.2) is 8.42 Å². The van der Waals surface area contributed by atoms with Gasteiger partial charge in [-0.05, 0) is 12.5 Å². The summed E-state index contributed by atoms with van der Waals surface area (Å²) in [6.07, 6.45) is 0. The smallest absolute Gasteiger partial charge is 0.154 e. The molecular formula is C15H23NO3S. The van der Waals surface area contributed by atoms with E-state index in [1.165, 1.54) is 0 Å². The standard InChI is InChI=1S/C15H23NO3S/c1-3-19-11-15(10-16)13(12-8-6-5-7-9-12)14(15)20(17,18)4-2/h5-9,13-14H,3-4,10-11,16H2,1-2H3/t13-,14+,15+/m1/s1. The van der Waals surface area contributed by atoms with Crippen molar-refractivity contribution in [3.63, 3.8) is 0 Å². The van der Waals surface area contributed by atoms with E-state index in [-0.39, 0.29) is 11.7 Å². The minimum Gasteiger partial charge on any atom is -0.381 e. The predicted octanol–water partition coefficient (Wildman–Crippen LogP) is 1.57. The Morgan fingerprint density at radius 2 is 1.90 bits per heavy atom. The van der Waals surface area contributed by atoms with Crippen molar-refractivity contribution in [1.29, 1.82) is 0 Å². The number of hydrogen-bond acceptors (Lipinski definition) is 4. The second-order valence-corrected chi connectivity index (χ2v) is 7.75. The van der Waals surface area contributed by atoms with Crippen LogP contribution in [0.2, 0.25) is 0 Å². The highest BCUT2D eigenvalue weighted by molar-refractivity contribution is 7.92. The van der Waals surface area contributed by atoms with Crippen LogP contribution in [0.1, 0.15) is 25.3 Å². The van der Waals surface area contributed by atoms with E-state index in [1.54, 1.807) is 6.92 Å². The van der Waals surface area contributed by atoms with Gasteiger partial charge in [-0.1, -0.05) is 37.3 Å². The van der Waals surface area contributed by atoms with Crippen molar-refractivity contribution < 1.29 is 13.2 Å². The average Bonchev–Trinajstić information content (AvgIpc) is 3.16. The maximum Gasteiger partial charge on any atom is 0.154 e. The molecular weight excluding hydrogens is 274 g/mol. The lowest BCUT2D eigenvalue weighted by Crippen LogP contribution is -2.29. The van der Waals surface area contributed by atoms with Crippen molar-refractivity contribution in [3.8, 4) is 0 Å². The van der Waals surface area contributed by atoms with Crippen LogP contribution in [0.15, 0.2) is 30.3 Å². The topological polar surface area (TPSA) is 69.4 Å². The fourth-order valence-electron chi connectivity index (χ4n) is 3.13. The first kappa shape index (κ1) is 15.5. The van der Waals surface area contributed by atoms with Gasteiger partial charge in [0.25, 0.3) is 0 Å². The van der Waals surface area contributed by atoms with E-state index in [0.29, 0.717) is 19.8 Å². The minimum atomic E-state index is -3.13. The summed E-state index contributed by atoms with van der Waals surface area (Å²) >= 11 is 0. The van der Waals surface area contributed by atoms with Crippen LogP contribution in [0.5, 0.6) is 0 Å². The third-order valence-corrected chi connectivity index (χ3v) is 6.60. The molecule has 0 aromatic heterocycles. The third-order valence-electron chi connectivity index (χ3n) is 4.28. The van der Waals surface area contributed by atoms with E-state index in [1.807, 2.05) is 37.3 Å². The van der Waals surface area contributed by atoms with Crippen LogP contribution < -0.4 is 5.73 Å². The molecule has 0 bridgehead atoms. The molecule has 4 nitrogen and oxygen atoms in total. The second-order valence-electron chi connectivity index (χ2n) is 5.33. The Balaban J connectivity index is 2.37. The molecule has 2 rings (SSSR count). The summed E-state index contributed by atoms with van der Waals surface area (Å²) in [4.78, 5) is 0. The summed E-state index contributed by atoms with van der Waals surface area (Å²) in [7, 11) is -3.13. The summed E-state index contributed by atoms with van der Waals surface area (Å²) in [6.45, 7) is 4.91. The fraction of sp³-hybridized carbons (Fsp3) is 0.600. The number of nitrogens with two attached hydrogens (primary N) is 1. The minimum absolute atomic E-state index is 0.0507. The van der Waals surface area contributed by atoms with E-state index in [0.717, 1.165) is 5.56 Å². The summed E-state index contributed by atoms with van der Waals surface area (Å²) in [5.74, 6) is 0.0970. The van der Waals surface area contributed by atoms with Gasteiger partial charge in [-0.15, -0.1) is 0 Å². The molecule has 1 aliphatic carbocycles. The first-order valence-corrected chi connectivity index (χ1v) is 8.79. The van der Waals surface area contributed by atoms with E-state index in [9.17, 15) is 8.42 Å². The highest BCUT2D eigenvalue weighted by Gasteiger charge is 2.69. The lowest BCUT2D eigenvalue weighted by atomic mass is 10.0. The molecule has 0 radical (unpaired) electrons. The largest absolute Gasteiger partial charge is 0.381 e. The van der Waals surface area contributed by atoms with Crippen molar-refractivity contribution in [2.45, 2.75) is 25.0 Å². The first-order chi connectivity index (χ1) is 9.53. The van der Waals surface area contributed by atoms with Crippen LogP contribution in [-0.2, 0) is 14.6 Å². The molecule has 112 valence electrons. The van der Waals surface area contributed by atoms with Crippen molar-refractivity contribution in [2.75, 3.05) is 25.5 Å². The molecule has 0 heterocycles. The highest BCUT2D eigenvalue weighted by Crippen LogP contribution is 2.62. The molecule has 0 saturated heterocycles. The molecule has 1 aromatic carbocycles. The highest BCUT2D eigenvalue weighted by atomic mass is 32.2. The normalized spacial score (nSPS) is 29.4. The van der Waals surface area contributed by atoms with Crippen LogP contribution in [0, 0.1) is 5.41 Å². The Morgan fingerprint density at radius 1 is 1.25 bits per heavy atom. The maximum atomic E-state index is 12.4. The van der Waals surface area contributed by atoms with Crippen molar-refractivity contribution in [1.82, 2.24) is 0 Å². The van der Waals surface area contributed by atoms with Gasteiger partial charge >= 0.3 is 0 Å². The summed E-state index contributed by atoms with van der Waals surface area (Å²) in [6, 6.07) is 9.76. The van der Waals surface area contributed by atoms with Gasteiger partial charge in [0.05, 0.1) is 11.9 Å². The molecule has 3 atom stereocenters. The van der Waals surface area contributed by atoms with Crippen LogP contribution in [-0.4, -0.2) is 39.2 Å². The van der Waals surface area contributed by atoms with Gasteiger partial charge in [0, 0.05) is 30.2 Å². The van der Waals surface area contributed by atoms with Gasteiger partial charge in [0.1, 0.15) is 0 Å².